The number of carbonyl (C=O) groups excluding carboxylic acids is 2. The monoisotopic (exact) mass is 415 g/mol. The van der Waals surface area contributed by atoms with Gasteiger partial charge in [-0.05, 0) is 31.2 Å². The van der Waals surface area contributed by atoms with Gasteiger partial charge in [0.25, 0.3) is 11.8 Å². The number of ether oxygens (including phenoxy) is 2. The summed E-state index contributed by atoms with van der Waals surface area (Å²) in [6.07, 6.45) is 0. The fourth-order valence-electron chi connectivity index (χ4n) is 2.37. The fourth-order valence-corrected chi connectivity index (χ4v) is 2.56. The Labute approximate surface area is 171 Å². The summed E-state index contributed by atoms with van der Waals surface area (Å²) < 4.78 is 16.0. The summed E-state index contributed by atoms with van der Waals surface area (Å²) >= 11 is 5.94. The van der Waals surface area contributed by atoms with Crippen molar-refractivity contribution in [1.82, 2.24) is 16.0 Å². The zero-order valence-corrected chi connectivity index (χ0v) is 16.2. The highest BCUT2D eigenvalue weighted by Gasteiger charge is 2.15. The lowest BCUT2D eigenvalue weighted by Crippen LogP contribution is -2.43. The van der Waals surface area contributed by atoms with E-state index in [1.807, 2.05) is 6.92 Å². The first-order chi connectivity index (χ1) is 14.1. The molecule has 0 spiro atoms. The molecule has 2 aromatic carbocycles. The number of halogens is 1. The summed E-state index contributed by atoms with van der Waals surface area (Å²) in [4.78, 5) is 24.1. The van der Waals surface area contributed by atoms with Gasteiger partial charge in [-0.1, -0.05) is 41.0 Å². The number of nitrogens with one attached hydrogen (secondary N) is 2. The molecule has 0 unspecified atom stereocenters. The number of benzene rings is 2. The van der Waals surface area contributed by atoms with Gasteiger partial charge in [0.1, 0.15) is 0 Å². The van der Waals surface area contributed by atoms with Crippen LogP contribution in [0.15, 0.2) is 59.1 Å². The highest BCUT2D eigenvalue weighted by molar-refractivity contribution is 6.30. The molecule has 0 saturated carbocycles. The minimum absolute atomic E-state index is 0.00267. The van der Waals surface area contributed by atoms with E-state index in [2.05, 4.69) is 16.0 Å². The minimum atomic E-state index is -0.634. The van der Waals surface area contributed by atoms with E-state index >= 15 is 0 Å². The highest BCUT2D eigenvalue weighted by atomic mass is 35.5. The molecule has 0 aliphatic carbocycles. The van der Waals surface area contributed by atoms with Crippen LogP contribution in [0.2, 0.25) is 5.02 Å². The third kappa shape index (κ3) is 5.49. The molecule has 3 aromatic rings. The summed E-state index contributed by atoms with van der Waals surface area (Å²) in [7, 11) is 0. The lowest BCUT2D eigenvalue weighted by molar-refractivity contribution is -0.123. The largest absolute Gasteiger partial charge is 0.490 e. The molecule has 1 heterocycles. The van der Waals surface area contributed by atoms with Crippen LogP contribution in [0, 0.1) is 0 Å². The predicted molar refractivity (Wildman–Crippen MR) is 106 cm³/mol. The van der Waals surface area contributed by atoms with Crippen molar-refractivity contribution in [2.45, 2.75) is 6.92 Å². The maximum atomic E-state index is 12.1. The number of hydrogen-bond acceptors (Lipinski definition) is 6. The van der Waals surface area contributed by atoms with E-state index in [4.69, 9.17) is 25.6 Å². The second-order valence-corrected chi connectivity index (χ2v) is 6.19. The predicted octanol–water partition coefficient (Wildman–Crippen LogP) is 3.23. The van der Waals surface area contributed by atoms with Crippen LogP contribution in [-0.2, 0) is 4.79 Å². The molecular weight excluding hydrogens is 398 g/mol. The Morgan fingerprint density at radius 3 is 2.52 bits per heavy atom. The Balaban J connectivity index is 1.51. The van der Waals surface area contributed by atoms with Crippen molar-refractivity contribution in [3.63, 3.8) is 0 Å². The Morgan fingerprint density at radius 1 is 1.03 bits per heavy atom. The molecule has 3 rings (SSSR count). The molecule has 9 heteroatoms. The third-order valence-corrected chi connectivity index (χ3v) is 3.91. The van der Waals surface area contributed by atoms with Gasteiger partial charge in [0, 0.05) is 16.7 Å². The topological polar surface area (TPSA) is 103 Å². The van der Waals surface area contributed by atoms with Crippen LogP contribution in [0.1, 0.15) is 17.4 Å². The van der Waals surface area contributed by atoms with Gasteiger partial charge < -0.3 is 14.0 Å². The quantitative estimate of drug-likeness (QED) is 0.574. The first kappa shape index (κ1) is 20.2. The second-order valence-electron chi connectivity index (χ2n) is 5.76. The molecule has 0 aliphatic rings. The molecule has 150 valence electrons. The summed E-state index contributed by atoms with van der Waals surface area (Å²) in [6, 6.07) is 15.4. The lowest BCUT2D eigenvalue weighted by Gasteiger charge is -2.11. The van der Waals surface area contributed by atoms with E-state index in [-0.39, 0.29) is 12.3 Å². The minimum Gasteiger partial charge on any atom is -0.490 e. The van der Waals surface area contributed by atoms with Crippen LogP contribution in [-0.4, -0.2) is 30.2 Å². The zero-order chi connectivity index (χ0) is 20.6. The van der Waals surface area contributed by atoms with E-state index in [1.165, 1.54) is 6.07 Å². The van der Waals surface area contributed by atoms with Crippen molar-refractivity contribution in [2.75, 3.05) is 13.2 Å². The Kier molecular flexibility index (Phi) is 6.70. The number of para-hydroxylation sites is 2. The normalized spacial score (nSPS) is 10.3. The summed E-state index contributed by atoms with van der Waals surface area (Å²) in [5.74, 6) is 0.148. The average molecular weight is 416 g/mol. The number of hydrazine groups is 1. The SMILES string of the molecule is CCOc1ccccc1OCC(=O)NNC(=O)c1cc(-c2cccc(Cl)c2)on1. The molecule has 0 radical (unpaired) electrons. The maximum Gasteiger partial charge on any atom is 0.291 e. The smallest absolute Gasteiger partial charge is 0.291 e. The molecule has 1 aromatic heterocycles. The number of carbonyl (C=O) groups is 2. The van der Waals surface area contributed by atoms with E-state index in [0.717, 1.165) is 0 Å². The van der Waals surface area contributed by atoms with Crippen molar-refractivity contribution in [1.29, 1.82) is 0 Å². The highest BCUT2D eigenvalue weighted by Crippen LogP contribution is 2.26. The Bertz CT molecular complexity index is 1010. The average Bonchev–Trinajstić information content (AvgIpc) is 3.22. The van der Waals surface area contributed by atoms with E-state index < -0.39 is 11.8 Å². The zero-order valence-electron chi connectivity index (χ0n) is 15.5. The van der Waals surface area contributed by atoms with Gasteiger partial charge in [-0.3, -0.25) is 20.4 Å². The molecule has 0 saturated heterocycles. The standard InChI is InChI=1S/C20H18ClN3O5/c1-2-27-16-8-3-4-9-17(16)28-12-19(25)22-23-20(26)15-11-18(29-24-15)13-6-5-7-14(21)10-13/h3-11H,2,12H2,1H3,(H,22,25)(H,23,26). The van der Waals surface area contributed by atoms with Gasteiger partial charge in [-0.25, -0.2) is 0 Å². The molecule has 0 fully saturated rings. The van der Waals surface area contributed by atoms with Crippen LogP contribution in [0.3, 0.4) is 0 Å². The van der Waals surface area contributed by atoms with Crippen LogP contribution < -0.4 is 20.3 Å². The van der Waals surface area contributed by atoms with Crippen molar-refractivity contribution in [2.24, 2.45) is 0 Å². The van der Waals surface area contributed by atoms with Crippen molar-refractivity contribution in [3.8, 4) is 22.8 Å². The van der Waals surface area contributed by atoms with Crippen LogP contribution in [0.25, 0.3) is 11.3 Å². The summed E-state index contributed by atoms with van der Waals surface area (Å²) in [5, 5.41) is 4.23. The molecule has 8 nitrogen and oxygen atoms in total. The van der Waals surface area contributed by atoms with Gasteiger partial charge in [0.05, 0.1) is 6.61 Å². The summed E-state index contributed by atoms with van der Waals surface area (Å²) in [5.41, 5.74) is 5.18. The van der Waals surface area contributed by atoms with Gasteiger partial charge in [0.15, 0.2) is 29.6 Å². The third-order valence-electron chi connectivity index (χ3n) is 3.68. The molecule has 2 N–H and O–H groups in total. The molecule has 0 bridgehead atoms. The number of aromatic nitrogens is 1. The summed E-state index contributed by atoms with van der Waals surface area (Å²) in [6.45, 7) is 2.01. The molecule has 29 heavy (non-hydrogen) atoms. The lowest BCUT2D eigenvalue weighted by atomic mass is 10.1. The van der Waals surface area contributed by atoms with E-state index in [9.17, 15) is 9.59 Å². The van der Waals surface area contributed by atoms with E-state index in [0.29, 0.717) is 34.5 Å². The molecular formula is C20H18ClN3O5. The van der Waals surface area contributed by atoms with Crippen LogP contribution >= 0.6 is 11.6 Å². The van der Waals surface area contributed by atoms with E-state index in [1.54, 1.807) is 48.5 Å². The van der Waals surface area contributed by atoms with Gasteiger partial charge in [0.2, 0.25) is 0 Å². The van der Waals surface area contributed by atoms with Crippen molar-refractivity contribution < 1.29 is 23.6 Å². The van der Waals surface area contributed by atoms with Gasteiger partial charge in [-0.15, -0.1) is 0 Å². The Morgan fingerprint density at radius 2 is 1.79 bits per heavy atom. The molecule has 0 atom stereocenters. The van der Waals surface area contributed by atoms with Gasteiger partial charge in [-0.2, -0.15) is 0 Å². The molecule has 0 aliphatic heterocycles. The first-order valence-corrected chi connectivity index (χ1v) is 9.11. The van der Waals surface area contributed by atoms with Crippen LogP contribution in [0.4, 0.5) is 0 Å². The maximum absolute atomic E-state index is 12.1. The van der Waals surface area contributed by atoms with Crippen LogP contribution in [0.5, 0.6) is 11.5 Å². The number of amides is 2. The first-order valence-electron chi connectivity index (χ1n) is 8.73. The van der Waals surface area contributed by atoms with Gasteiger partial charge >= 0.3 is 0 Å². The fraction of sp³-hybridized carbons (Fsp3) is 0.150. The molecule has 2 amide bonds. The van der Waals surface area contributed by atoms with Crippen molar-refractivity contribution in [3.05, 3.63) is 65.3 Å². The second kappa shape index (κ2) is 9.61. The number of hydrogen-bond donors (Lipinski definition) is 2. The number of nitrogens with zero attached hydrogens (tertiary/aromatic N) is 1. The Hall–Kier alpha value is -3.52. The van der Waals surface area contributed by atoms with Crippen molar-refractivity contribution >= 4 is 23.4 Å². The number of rotatable bonds is 7.